The van der Waals surface area contributed by atoms with Crippen LogP contribution in [-0.2, 0) is 16.1 Å². The molecule has 1 fully saturated rings. The van der Waals surface area contributed by atoms with E-state index < -0.39 is 0 Å². The third-order valence-corrected chi connectivity index (χ3v) is 5.00. The maximum absolute atomic E-state index is 12.4. The number of anilines is 1. The second-order valence-electron chi connectivity index (χ2n) is 7.00. The molecule has 0 radical (unpaired) electrons. The summed E-state index contributed by atoms with van der Waals surface area (Å²) in [6, 6.07) is 15.4. The van der Waals surface area contributed by atoms with Crippen molar-refractivity contribution in [3.63, 3.8) is 0 Å². The SMILES string of the molecule is CC(C)c1ccc(N2CC(C(=O)NCc3ccc(Cl)cc3)CC2=O)cc1. The number of hydrogen-bond donors (Lipinski definition) is 1. The second kappa shape index (κ2) is 7.92. The van der Waals surface area contributed by atoms with Crippen LogP contribution < -0.4 is 10.2 Å². The van der Waals surface area contributed by atoms with Crippen LogP contribution in [0.25, 0.3) is 0 Å². The van der Waals surface area contributed by atoms with Crippen LogP contribution in [0.15, 0.2) is 48.5 Å². The van der Waals surface area contributed by atoms with Crippen LogP contribution in [0.2, 0.25) is 5.02 Å². The van der Waals surface area contributed by atoms with Crippen LogP contribution in [0.4, 0.5) is 5.69 Å². The maximum Gasteiger partial charge on any atom is 0.227 e. The Hall–Kier alpha value is -2.33. The molecule has 26 heavy (non-hydrogen) atoms. The molecule has 5 heteroatoms. The van der Waals surface area contributed by atoms with E-state index in [0.717, 1.165) is 11.3 Å². The standard InChI is InChI=1S/C21H23ClN2O2/c1-14(2)16-5-9-19(10-6-16)24-13-17(11-20(24)25)21(26)23-12-15-3-7-18(22)8-4-15/h3-10,14,17H,11-13H2,1-2H3,(H,23,26). The number of rotatable bonds is 5. The molecule has 2 aromatic carbocycles. The van der Waals surface area contributed by atoms with Crippen LogP contribution in [0, 0.1) is 5.92 Å². The van der Waals surface area contributed by atoms with E-state index in [2.05, 4.69) is 19.2 Å². The first-order valence-corrected chi connectivity index (χ1v) is 9.24. The molecule has 136 valence electrons. The third kappa shape index (κ3) is 4.25. The van der Waals surface area contributed by atoms with Gasteiger partial charge in [0.05, 0.1) is 5.92 Å². The number of hydrogen-bond acceptors (Lipinski definition) is 2. The fourth-order valence-electron chi connectivity index (χ4n) is 3.11. The van der Waals surface area contributed by atoms with E-state index in [0.29, 0.717) is 24.0 Å². The molecule has 0 spiro atoms. The Bertz CT molecular complexity index is 785. The zero-order valence-electron chi connectivity index (χ0n) is 15.0. The highest BCUT2D eigenvalue weighted by Crippen LogP contribution is 2.27. The largest absolute Gasteiger partial charge is 0.352 e. The lowest BCUT2D eigenvalue weighted by atomic mass is 10.0. The average Bonchev–Trinajstić information content (AvgIpc) is 3.03. The maximum atomic E-state index is 12.4. The number of benzene rings is 2. The number of carbonyl (C=O) groups is 2. The molecule has 1 saturated heterocycles. The summed E-state index contributed by atoms with van der Waals surface area (Å²) in [4.78, 5) is 26.5. The monoisotopic (exact) mass is 370 g/mol. The molecular weight excluding hydrogens is 348 g/mol. The van der Waals surface area contributed by atoms with Gasteiger partial charge in [-0.05, 0) is 41.3 Å². The minimum absolute atomic E-state index is 0.00561. The van der Waals surface area contributed by atoms with E-state index in [1.165, 1.54) is 5.56 Å². The summed E-state index contributed by atoms with van der Waals surface area (Å²) < 4.78 is 0. The van der Waals surface area contributed by atoms with E-state index >= 15 is 0 Å². The van der Waals surface area contributed by atoms with Crippen LogP contribution in [0.5, 0.6) is 0 Å². The number of nitrogens with zero attached hydrogens (tertiary/aromatic N) is 1. The predicted octanol–water partition coefficient (Wildman–Crippen LogP) is 4.13. The summed E-state index contributed by atoms with van der Waals surface area (Å²) in [5.41, 5.74) is 3.07. The van der Waals surface area contributed by atoms with Crippen molar-refractivity contribution < 1.29 is 9.59 Å². The van der Waals surface area contributed by atoms with Crippen molar-refractivity contribution >= 4 is 29.1 Å². The average molecular weight is 371 g/mol. The van der Waals surface area contributed by atoms with Gasteiger partial charge in [-0.15, -0.1) is 0 Å². The van der Waals surface area contributed by atoms with Crippen LogP contribution in [-0.4, -0.2) is 18.4 Å². The van der Waals surface area contributed by atoms with Crippen LogP contribution in [0.3, 0.4) is 0 Å². The van der Waals surface area contributed by atoms with E-state index in [1.807, 2.05) is 36.4 Å². The zero-order valence-corrected chi connectivity index (χ0v) is 15.8. The van der Waals surface area contributed by atoms with Gasteiger partial charge in [0.2, 0.25) is 11.8 Å². The predicted molar refractivity (Wildman–Crippen MR) is 104 cm³/mol. The summed E-state index contributed by atoms with van der Waals surface area (Å²) in [5, 5.41) is 3.58. The first-order valence-electron chi connectivity index (χ1n) is 8.86. The Morgan fingerprint density at radius 3 is 2.42 bits per heavy atom. The molecule has 1 aliphatic rings. The molecule has 3 rings (SSSR count). The van der Waals surface area contributed by atoms with E-state index in [-0.39, 0.29) is 24.2 Å². The van der Waals surface area contributed by atoms with Crippen molar-refractivity contribution in [1.29, 1.82) is 0 Å². The van der Waals surface area contributed by atoms with Gasteiger partial charge < -0.3 is 10.2 Å². The lowest BCUT2D eigenvalue weighted by Crippen LogP contribution is -2.32. The first kappa shape index (κ1) is 18.5. The molecule has 1 unspecified atom stereocenters. The number of carbonyl (C=O) groups excluding carboxylic acids is 2. The molecule has 4 nitrogen and oxygen atoms in total. The van der Waals surface area contributed by atoms with Crippen LogP contribution in [0.1, 0.15) is 37.3 Å². The zero-order chi connectivity index (χ0) is 18.7. The summed E-state index contributed by atoms with van der Waals surface area (Å²) in [5.74, 6) is 0.0350. The normalized spacial score (nSPS) is 17.0. The molecule has 1 heterocycles. The summed E-state index contributed by atoms with van der Waals surface area (Å²) >= 11 is 5.86. The summed E-state index contributed by atoms with van der Waals surface area (Å²) in [6.07, 6.45) is 0.248. The Balaban J connectivity index is 1.59. The third-order valence-electron chi connectivity index (χ3n) is 4.75. The topological polar surface area (TPSA) is 49.4 Å². The Morgan fingerprint density at radius 2 is 1.81 bits per heavy atom. The highest BCUT2D eigenvalue weighted by molar-refractivity contribution is 6.30. The molecule has 1 atom stereocenters. The van der Waals surface area contributed by atoms with Crippen molar-refractivity contribution in [2.45, 2.75) is 32.7 Å². The Labute approximate surface area is 159 Å². The molecule has 0 aromatic heterocycles. The van der Waals surface area contributed by atoms with E-state index in [9.17, 15) is 9.59 Å². The minimum atomic E-state index is -0.320. The van der Waals surface area contributed by atoms with Crippen LogP contribution >= 0.6 is 11.6 Å². The first-order chi connectivity index (χ1) is 12.4. The van der Waals surface area contributed by atoms with Gasteiger partial charge in [0.25, 0.3) is 0 Å². The van der Waals surface area contributed by atoms with Gasteiger partial charge in [0.15, 0.2) is 0 Å². The van der Waals surface area contributed by atoms with Gasteiger partial charge in [-0.1, -0.05) is 49.7 Å². The van der Waals surface area contributed by atoms with Gasteiger partial charge in [-0.3, -0.25) is 9.59 Å². The number of amides is 2. The molecule has 2 amide bonds. The summed E-state index contributed by atoms with van der Waals surface area (Å²) in [6.45, 7) is 5.13. The van der Waals surface area contributed by atoms with Crippen molar-refractivity contribution in [3.8, 4) is 0 Å². The Kier molecular flexibility index (Phi) is 5.62. The Morgan fingerprint density at radius 1 is 1.15 bits per heavy atom. The van der Waals surface area contributed by atoms with Gasteiger partial charge in [-0.25, -0.2) is 0 Å². The molecule has 0 aliphatic carbocycles. The van der Waals surface area contributed by atoms with Crippen molar-refractivity contribution in [2.75, 3.05) is 11.4 Å². The fraction of sp³-hybridized carbons (Fsp3) is 0.333. The fourth-order valence-corrected chi connectivity index (χ4v) is 3.23. The second-order valence-corrected chi connectivity index (χ2v) is 7.43. The summed E-state index contributed by atoms with van der Waals surface area (Å²) in [7, 11) is 0. The highest BCUT2D eigenvalue weighted by atomic mass is 35.5. The van der Waals surface area contributed by atoms with Gasteiger partial charge in [-0.2, -0.15) is 0 Å². The minimum Gasteiger partial charge on any atom is -0.352 e. The molecular formula is C21H23ClN2O2. The van der Waals surface area contributed by atoms with Crippen molar-refractivity contribution in [2.24, 2.45) is 5.92 Å². The van der Waals surface area contributed by atoms with Gasteiger partial charge in [0.1, 0.15) is 0 Å². The number of nitrogens with one attached hydrogen (secondary N) is 1. The van der Waals surface area contributed by atoms with Crippen molar-refractivity contribution in [3.05, 3.63) is 64.7 Å². The quantitative estimate of drug-likeness (QED) is 0.860. The molecule has 2 aromatic rings. The lowest BCUT2D eigenvalue weighted by molar-refractivity contribution is -0.126. The number of halogens is 1. The molecule has 1 N–H and O–H groups in total. The smallest absolute Gasteiger partial charge is 0.227 e. The van der Waals surface area contributed by atoms with Gasteiger partial charge >= 0.3 is 0 Å². The highest BCUT2D eigenvalue weighted by Gasteiger charge is 2.34. The lowest BCUT2D eigenvalue weighted by Gasteiger charge is -2.18. The van der Waals surface area contributed by atoms with E-state index in [1.54, 1.807) is 17.0 Å². The molecule has 1 aliphatic heterocycles. The van der Waals surface area contributed by atoms with E-state index in [4.69, 9.17) is 11.6 Å². The van der Waals surface area contributed by atoms with Gasteiger partial charge in [0, 0.05) is 30.2 Å². The van der Waals surface area contributed by atoms with Crippen molar-refractivity contribution in [1.82, 2.24) is 5.32 Å². The molecule has 0 bridgehead atoms. The molecule has 0 saturated carbocycles.